The van der Waals surface area contributed by atoms with Crippen molar-refractivity contribution < 1.29 is 4.79 Å². The number of carbonyl (C=O) groups excluding carboxylic acids is 1. The molecule has 1 aromatic heterocycles. The van der Waals surface area contributed by atoms with Crippen LogP contribution in [0.5, 0.6) is 0 Å². The van der Waals surface area contributed by atoms with Gasteiger partial charge in [-0.1, -0.05) is 29.8 Å². The van der Waals surface area contributed by atoms with Gasteiger partial charge in [-0.05, 0) is 53.6 Å². The number of nitrogens with one attached hydrogen (secondary N) is 1. The zero-order valence-corrected chi connectivity index (χ0v) is 12.8. The summed E-state index contributed by atoms with van der Waals surface area (Å²) in [4.78, 5) is 12.0. The second kappa shape index (κ2) is 6.83. The van der Waals surface area contributed by atoms with Crippen LogP contribution in [0.25, 0.3) is 5.69 Å². The Morgan fingerprint density at radius 2 is 1.83 bits per heavy atom. The van der Waals surface area contributed by atoms with Gasteiger partial charge in [-0.15, -0.1) is 5.10 Å². The van der Waals surface area contributed by atoms with Crippen LogP contribution < -0.4 is 5.32 Å². The molecule has 1 N–H and O–H groups in total. The predicted octanol–water partition coefficient (Wildman–Crippen LogP) is 2.54. The largest absolute Gasteiger partial charge is 0.326 e. The van der Waals surface area contributed by atoms with Crippen molar-refractivity contribution in [3.05, 3.63) is 66.0 Å². The lowest BCUT2D eigenvalue weighted by molar-refractivity contribution is -0.116. The molecule has 0 spiro atoms. The van der Waals surface area contributed by atoms with Crippen molar-refractivity contribution in [2.24, 2.45) is 0 Å². The highest BCUT2D eigenvalue weighted by Gasteiger charge is 2.04. The first-order valence-electron chi connectivity index (χ1n) is 7.39. The van der Waals surface area contributed by atoms with Gasteiger partial charge < -0.3 is 5.32 Å². The molecular weight excluding hydrogens is 290 g/mol. The summed E-state index contributed by atoms with van der Waals surface area (Å²) < 4.78 is 1.56. The van der Waals surface area contributed by atoms with Crippen molar-refractivity contribution in [3.63, 3.8) is 0 Å². The number of hydrogen-bond acceptors (Lipinski definition) is 4. The first kappa shape index (κ1) is 14.9. The van der Waals surface area contributed by atoms with Crippen molar-refractivity contribution in [1.29, 1.82) is 0 Å². The molecule has 6 nitrogen and oxygen atoms in total. The maximum Gasteiger partial charge on any atom is 0.224 e. The number of amides is 1. The van der Waals surface area contributed by atoms with Crippen molar-refractivity contribution in [2.75, 3.05) is 5.32 Å². The maximum atomic E-state index is 12.0. The Morgan fingerprint density at radius 1 is 1.09 bits per heavy atom. The van der Waals surface area contributed by atoms with Gasteiger partial charge in [0.2, 0.25) is 5.91 Å². The first-order valence-corrected chi connectivity index (χ1v) is 7.39. The Labute approximate surface area is 134 Å². The zero-order valence-electron chi connectivity index (χ0n) is 12.8. The summed E-state index contributed by atoms with van der Waals surface area (Å²) in [5, 5.41) is 13.9. The van der Waals surface area contributed by atoms with E-state index >= 15 is 0 Å². The summed E-state index contributed by atoms with van der Waals surface area (Å²) in [5.74, 6) is 0.000692. The monoisotopic (exact) mass is 307 g/mol. The van der Waals surface area contributed by atoms with E-state index in [1.165, 1.54) is 17.5 Å². The van der Waals surface area contributed by atoms with Crippen LogP contribution in [0.1, 0.15) is 17.5 Å². The van der Waals surface area contributed by atoms with E-state index in [1.54, 1.807) is 4.68 Å². The third-order valence-corrected chi connectivity index (χ3v) is 3.53. The number of aromatic nitrogens is 4. The molecule has 6 heteroatoms. The number of nitrogens with zero attached hydrogens (tertiary/aromatic N) is 4. The Balaban J connectivity index is 1.54. The normalized spacial score (nSPS) is 10.5. The fourth-order valence-corrected chi connectivity index (χ4v) is 2.21. The summed E-state index contributed by atoms with van der Waals surface area (Å²) >= 11 is 0. The number of anilines is 1. The van der Waals surface area contributed by atoms with E-state index in [0.29, 0.717) is 6.42 Å². The molecule has 1 amide bonds. The third-order valence-electron chi connectivity index (χ3n) is 3.53. The van der Waals surface area contributed by atoms with Crippen LogP contribution in [0.4, 0.5) is 5.69 Å². The lowest BCUT2D eigenvalue weighted by Crippen LogP contribution is -2.12. The zero-order chi connectivity index (χ0) is 16.1. The molecule has 0 saturated carbocycles. The molecule has 3 rings (SSSR count). The Morgan fingerprint density at radius 3 is 2.48 bits per heavy atom. The SMILES string of the molecule is Cc1ccc(CCC(=O)Nc2ccc(-n3cnnn3)cc2)cc1. The second-order valence-corrected chi connectivity index (χ2v) is 5.34. The quantitative estimate of drug-likeness (QED) is 0.786. The van der Waals surface area contributed by atoms with Crippen molar-refractivity contribution in [1.82, 2.24) is 20.2 Å². The molecule has 3 aromatic rings. The molecule has 0 aliphatic carbocycles. The molecular formula is C17H17N5O. The van der Waals surface area contributed by atoms with Crippen LogP contribution >= 0.6 is 0 Å². The van der Waals surface area contributed by atoms with Gasteiger partial charge in [0.15, 0.2) is 0 Å². The van der Waals surface area contributed by atoms with E-state index < -0.39 is 0 Å². The number of benzene rings is 2. The van der Waals surface area contributed by atoms with E-state index in [4.69, 9.17) is 0 Å². The molecule has 0 unspecified atom stereocenters. The number of carbonyl (C=O) groups is 1. The molecule has 0 aliphatic heterocycles. The first-order chi connectivity index (χ1) is 11.2. The average molecular weight is 307 g/mol. The highest BCUT2D eigenvalue weighted by Crippen LogP contribution is 2.13. The van der Waals surface area contributed by atoms with Crippen molar-refractivity contribution >= 4 is 11.6 Å². The molecule has 0 saturated heterocycles. The standard InChI is InChI=1S/C17H17N5O/c1-13-2-4-14(5-3-13)6-11-17(23)19-15-7-9-16(10-8-15)22-12-18-20-21-22/h2-5,7-10,12H,6,11H2,1H3,(H,19,23). The Bertz CT molecular complexity index is 764. The van der Waals surface area contributed by atoms with Crippen LogP contribution in [0.15, 0.2) is 54.9 Å². The second-order valence-electron chi connectivity index (χ2n) is 5.34. The lowest BCUT2D eigenvalue weighted by atomic mass is 10.1. The Hall–Kier alpha value is -3.02. The lowest BCUT2D eigenvalue weighted by Gasteiger charge is -2.06. The Kier molecular flexibility index (Phi) is 4.42. The highest BCUT2D eigenvalue weighted by molar-refractivity contribution is 5.90. The van der Waals surface area contributed by atoms with Crippen LogP contribution in [-0.4, -0.2) is 26.1 Å². The number of aryl methyl sites for hydroxylation is 2. The molecule has 0 bridgehead atoms. The van der Waals surface area contributed by atoms with Gasteiger partial charge in [-0.25, -0.2) is 4.68 Å². The predicted molar refractivity (Wildman–Crippen MR) is 87.3 cm³/mol. The summed E-state index contributed by atoms with van der Waals surface area (Å²) in [6.07, 6.45) is 2.71. The summed E-state index contributed by atoms with van der Waals surface area (Å²) in [5.41, 5.74) is 3.99. The van der Waals surface area contributed by atoms with E-state index in [9.17, 15) is 4.79 Å². The average Bonchev–Trinajstić information content (AvgIpc) is 3.09. The molecule has 1 heterocycles. The summed E-state index contributed by atoms with van der Waals surface area (Å²) in [6.45, 7) is 2.05. The van der Waals surface area contributed by atoms with E-state index in [2.05, 4.69) is 52.0 Å². The number of rotatable bonds is 5. The molecule has 23 heavy (non-hydrogen) atoms. The summed E-state index contributed by atoms with van der Waals surface area (Å²) in [6, 6.07) is 15.6. The van der Waals surface area contributed by atoms with Crippen LogP contribution in [0.2, 0.25) is 0 Å². The molecule has 2 aromatic carbocycles. The molecule has 0 fully saturated rings. The maximum absolute atomic E-state index is 12.0. The smallest absolute Gasteiger partial charge is 0.224 e. The molecule has 116 valence electrons. The minimum atomic E-state index is 0.000692. The minimum absolute atomic E-state index is 0.000692. The molecule has 0 aliphatic rings. The molecule has 0 atom stereocenters. The van der Waals surface area contributed by atoms with E-state index in [1.807, 2.05) is 24.3 Å². The van der Waals surface area contributed by atoms with Gasteiger partial charge in [0, 0.05) is 12.1 Å². The van der Waals surface area contributed by atoms with E-state index in [-0.39, 0.29) is 5.91 Å². The van der Waals surface area contributed by atoms with Gasteiger partial charge in [0.05, 0.1) is 5.69 Å². The van der Waals surface area contributed by atoms with E-state index in [0.717, 1.165) is 17.8 Å². The van der Waals surface area contributed by atoms with Gasteiger partial charge in [0.25, 0.3) is 0 Å². The topological polar surface area (TPSA) is 72.7 Å². The summed E-state index contributed by atoms with van der Waals surface area (Å²) in [7, 11) is 0. The van der Waals surface area contributed by atoms with Gasteiger partial charge in [-0.2, -0.15) is 0 Å². The fraction of sp³-hybridized carbons (Fsp3) is 0.176. The van der Waals surface area contributed by atoms with Crippen LogP contribution in [0.3, 0.4) is 0 Å². The minimum Gasteiger partial charge on any atom is -0.326 e. The van der Waals surface area contributed by atoms with Gasteiger partial charge in [-0.3, -0.25) is 4.79 Å². The van der Waals surface area contributed by atoms with Gasteiger partial charge in [0.1, 0.15) is 6.33 Å². The highest BCUT2D eigenvalue weighted by atomic mass is 16.1. The van der Waals surface area contributed by atoms with Crippen molar-refractivity contribution in [3.8, 4) is 5.69 Å². The van der Waals surface area contributed by atoms with Crippen LogP contribution in [-0.2, 0) is 11.2 Å². The van der Waals surface area contributed by atoms with Crippen LogP contribution in [0, 0.1) is 6.92 Å². The van der Waals surface area contributed by atoms with Crippen molar-refractivity contribution in [2.45, 2.75) is 19.8 Å². The third kappa shape index (κ3) is 4.00. The van der Waals surface area contributed by atoms with Gasteiger partial charge >= 0.3 is 0 Å². The number of tetrazole rings is 1. The fourth-order valence-electron chi connectivity index (χ4n) is 2.21. The molecule has 0 radical (unpaired) electrons. The number of hydrogen-bond donors (Lipinski definition) is 1.